The van der Waals surface area contributed by atoms with E-state index in [-0.39, 0.29) is 23.9 Å². The van der Waals surface area contributed by atoms with E-state index in [9.17, 15) is 5.11 Å². The quantitative estimate of drug-likeness (QED) is 0.141. The minimum atomic E-state index is -2.26. The molecular weight excluding hydrogens is 568 g/mol. The summed E-state index contributed by atoms with van der Waals surface area (Å²) in [7, 11) is -2.26. The van der Waals surface area contributed by atoms with Gasteiger partial charge in [0.15, 0.2) is 8.32 Å². The van der Waals surface area contributed by atoms with Crippen LogP contribution in [0.2, 0.25) is 18.1 Å². The number of hydrogen-bond acceptors (Lipinski definition) is 6. The molecule has 5 atom stereocenters. The number of aliphatic hydroxyl groups excluding tert-OH is 1. The molecule has 0 bridgehead atoms. The number of hydrogen-bond donors (Lipinski definition) is 1. The van der Waals surface area contributed by atoms with Crippen molar-refractivity contribution in [3.63, 3.8) is 0 Å². The van der Waals surface area contributed by atoms with E-state index in [4.69, 9.17) is 23.4 Å². The zero-order valence-corrected chi connectivity index (χ0v) is 27.9. The predicted molar refractivity (Wildman–Crippen MR) is 178 cm³/mol. The van der Waals surface area contributed by atoms with Crippen molar-refractivity contribution in [3.8, 4) is 0 Å². The summed E-state index contributed by atoms with van der Waals surface area (Å²) in [5.74, 6) is 0. The van der Waals surface area contributed by atoms with E-state index in [2.05, 4.69) is 70.3 Å². The van der Waals surface area contributed by atoms with E-state index in [1.165, 1.54) is 0 Å². The fourth-order valence-electron chi connectivity index (χ4n) is 5.07. The molecule has 1 fully saturated rings. The summed E-state index contributed by atoms with van der Waals surface area (Å²) in [5.41, 5.74) is 3.26. The van der Waals surface area contributed by atoms with E-state index >= 15 is 0 Å². The lowest BCUT2D eigenvalue weighted by molar-refractivity contribution is -0.257. The highest BCUT2D eigenvalue weighted by Gasteiger charge is 2.51. The number of ether oxygens (including phenoxy) is 4. The van der Waals surface area contributed by atoms with E-state index in [0.29, 0.717) is 32.8 Å². The molecule has 1 saturated heterocycles. The lowest BCUT2D eigenvalue weighted by Gasteiger charge is -2.50. The van der Waals surface area contributed by atoms with Crippen LogP contribution in [0.3, 0.4) is 0 Å². The normalized spacial score (nSPS) is 22.8. The Morgan fingerprint density at radius 1 is 0.682 bits per heavy atom. The Morgan fingerprint density at radius 2 is 1.18 bits per heavy atom. The first kappa shape index (κ1) is 34.3. The van der Waals surface area contributed by atoms with Gasteiger partial charge < -0.3 is 28.5 Å². The second-order valence-electron chi connectivity index (χ2n) is 13.0. The largest absolute Gasteiger partial charge is 0.409 e. The first-order valence-corrected chi connectivity index (χ1v) is 18.6. The Bertz CT molecular complexity index is 1250. The van der Waals surface area contributed by atoms with Gasteiger partial charge in [0.1, 0.15) is 24.4 Å². The molecule has 3 aromatic carbocycles. The van der Waals surface area contributed by atoms with Crippen molar-refractivity contribution in [2.45, 2.75) is 95.7 Å². The maximum absolute atomic E-state index is 9.50. The minimum absolute atomic E-state index is 0.0154. The van der Waals surface area contributed by atoms with Gasteiger partial charge in [0.2, 0.25) is 0 Å². The Balaban J connectivity index is 1.68. The van der Waals surface area contributed by atoms with Gasteiger partial charge in [-0.2, -0.15) is 0 Å². The molecule has 6 nitrogen and oxygen atoms in total. The van der Waals surface area contributed by atoms with Crippen LogP contribution in [0.4, 0.5) is 0 Å². The number of benzene rings is 3. The van der Waals surface area contributed by atoms with Crippen LogP contribution >= 0.6 is 0 Å². The van der Waals surface area contributed by atoms with Crippen molar-refractivity contribution >= 4 is 8.32 Å². The zero-order chi connectivity index (χ0) is 31.4. The highest BCUT2D eigenvalue weighted by Crippen LogP contribution is 2.41. The van der Waals surface area contributed by atoms with Gasteiger partial charge in [-0.3, -0.25) is 0 Å². The highest BCUT2D eigenvalue weighted by molar-refractivity contribution is 6.74. The molecular formula is C37H50O6Si. The SMILES string of the molecule is CC(C)(C)[Si](C)(C)O[C@@H]1[C@@H](OCc2ccccc2)[C@H](OCc2ccccc2)[C@@H](COCc2ccccc2)O[C@@H]1C/C=C/CO. The zero-order valence-electron chi connectivity index (χ0n) is 26.9. The van der Waals surface area contributed by atoms with Crippen LogP contribution in [-0.4, -0.2) is 57.2 Å². The molecule has 0 aliphatic carbocycles. The third-order valence-electron chi connectivity index (χ3n) is 8.57. The molecule has 1 aliphatic rings. The summed E-state index contributed by atoms with van der Waals surface area (Å²) in [6.45, 7) is 12.9. The van der Waals surface area contributed by atoms with E-state index in [1.807, 2.05) is 60.7 Å². The fourth-order valence-corrected chi connectivity index (χ4v) is 6.39. The molecule has 3 aromatic rings. The van der Waals surface area contributed by atoms with Crippen LogP contribution < -0.4 is 0 Å². The Kier molecular flexibility index (Phi) is 12.9. The smallest absolute Gasteiger partial charge is 0.192 e. The van der Waals surface area contributed by atoms with Crippen LogP contribution in [0.25, 0.3) is 0 Å². The van der Waals surface area contributed by atoms with Crippen LogP contribution in [-0.2, 0) is 43.2 Å². The number of rotatable bonds is 15. The minimum Gasteiger partial charge on any atom is -0.409 e. The van der Waals surface area contributed by atoms with Gasteiger partial charge in [-0.15, -0.1) is 0 Å². The maximum atomic E-state index is 9.50. The van der Waals surface area contributed by atoms with Crippen molar-refractivity contribution in [1.29, 1.82) is 0 Å². The van der Waals surface area contributed by atoms with Crippen LogP contribution in [0.1, 0.15) is 43.9 Å². The molecule has 1 aliphatic heterocycles. The van der Waals surface area contributed by atoms with Crippen LogP contribution in [0.15, 0.2) is 103 Å². The first-order chi connectivity index (χ1) is 21.2. The molecule has 7 heteroatoms. The molecule has 1 N–H and O–H groups in total. The monoisotopic (exact) mass is 618 g/mol. The molecule has 0 spiro atoms. The summed E-state index contributed by atoms with van der Waals surface area (Å²) in [6.07, 6.45) is 2.35. The summed E-state index contributed by atoms with van der Waals surface area (Å²) >= 11 is 0. The molecule has 0 saturated carbocycles. The molecule has 0 aromatic heterocycles. The standard InChI is InChI=1S/C37H50O6Si/c1-37(2,3)44(4,5)43-35-32(23-15-16-24-38)42-33(28-39-25-29-17-9-6-10-18-29)34(40-26-30-19-11-7-12-20-30)36(35)41-27-31-21-13-8-14-22-31/h6-22,32-36,38H,23-28H2,1-5H3/b16-15+/t32-,33-,34-,35+,36+/m1/s1. The first-order valence-electron chi connectivity index (χ1n) is 15.7. The Labute approximate surface area is 265 Å². The van der Waals surface area contributed by atoms with Crippen molar-refractivity contribution in [2.75, 3.05) is 13.2 Å². The van der Waals surface area contributed by atoms with Crippen molar-refractivity contribution in [2.24, 2.45) is 0 Å². The third kappa shape index (κ3) is 9.94. The predicted octanol–water partition coefficient (Wildman–Crippen LogP) is 7.47. The average Bonchev–Trinajstić information content (AvgIpc) is 3.01. The van der Waals surface area contributed by atoms with Gasteiger partial charge in [-0.1, -0.05) is 124 Å². The molecule has 238 valence electrons. The molecule has 1 heterocycles. The van der Waals surface area contributed by atoms with Gasteiger partial charge in [0.25, 0.3) is 0 Å². The van der Waals surface area contributed by atoms with Gasteiger partial charge in [-0.05, 0) is 41.2 Å². The summed E-state index contributed by atoms with van der Waals surface area (Å²) in [6, 6.07) is 30.5. The lowest BCUT2D eigenvalue weighted by atomic mass is 9.92. The van der Waals surface area contributed by atoms with E-state index < -0.39 is 26.6 Å². The molecule has 4 rings (SSSR count). The van der Waals surface area contributed by atoms with Gasteiger partial charge >= 0.3 is 0 Å². The Hall–Kier alpha value is -2.62. The van der Waals surface area contributed by atoms with Gasteiger partial charge in [0.05, 0.1) is 39.1 Å². The molecule has 44 heavy (non-hydrogen) atoms. The number of aliphatic hydroxyl groups is 1. The second-order valence-corrected chi connectivity index (χ2v) is 17.7. The summed E-state index contributed by atoms with van der Waals surface area (Å²) in [5, 5.41) is 9.48. The average molecular weight is 619 g/mol. The van der Waals surface area contributed by atoms with Crippen molar-refractivity contribution < 1.29 is 28.5 Å². The lowest BCUT2D eigenvalue weighted by Crippen LogP contribution is -2.63. The maximum Gasteiger partial charge on any atom is 0.192 e. The Morgan fingerprint density at radius 3 is 1.68 bits per heavy atom. The third-order valence-corrected chi connectivity index (χ3v) is 13.0. The van der Waals surface area contributed by atoms with Crippen molar-refractivity contribution in [3.05, 3.63) is 120 Å². The molecule has 0 amide bonds. The van der Waals surface area contributed by atoms with Crippen molar-refractivity contribution in [1.82, 2.24) is 0 Å². The van der Waals surface area contributed by atoms with Gasteiger partial charge in [0, 0.05) is 0 Å². The van der Waals surface area contributed by atoms with E-state index in [0.717, 1.165) is 16.7 Å². The second kappa shape index (κ2) is 16.6. The molecule has 0 unspecified atom stereocenters. The van der Waals surface area contributed by atoms with E-state index in [1.54, 1.807) is 6.08 Å². The highest BCUT2D eigenvalue weighted by atomic mass is 28.4. The topological polar surface area (TPSA) is 66.4 Å². The van der Waals surface area contributed by atoms with Crippen LogP contribution in [0.5, 0.6) is 0 Å². The fraction of sp³-hybridized carbons (Fsp3) is 0.459. The van der Waals surface area contributed by atoms with Crippen LogP contribution in [0, 0.1) is 0 Å². The summed E-state index contributed by atoms with van der Waals surface area (Å²) < 4.78 is 33.9. The molecule has 0 radical (unpaired) electrons. The van der Waals surface area contributed by atoms with Gasteiger partial charge in [-0.25, -0.2) is 0 Å². The summed E-state index contributed by atoms with van der Waals surface area (Å²) in [4.78, 5) is 0.